The zero-order valence-corrected chi connectivity index (χ0v) is 17.9. The third-order valence-electron chi connectivity index (χ3n) is 5.40. The minimum Gasteiger partial charge on any atom is -0.289 e. The van der Waals surface area contributed by atoms with Crippen LogP contribution in [0.1, 0.15) is 15.9 Å². The molecule has 5 rings (SSSR count). The second-order valence-corrected chi connectivity index (χ2v) is 9.23. The quantitative estimate of drug-likeness (QED) is 0.328. The van der Waals surface area contributed by atoms with Crippen molar-refractivity contribution in [2.75, 3.05) is 0 Å². The second-order valence-electron chi connectivity index (χ2n) is 7.45. The second kappa shape index (κ2) is 7.94. The van der Waals surface area contributed by atoms with Gasteiger partial charge < -0.3 is 0 Å². The van der Waals surface area contributed by atoms with E-state index in [4.69, 9.17) is 0 Å². The first kappa shape index (κ1) is 20.0. The number of hydrogen-bond acceptors (Lipinski definition) is 3. The van der Waals surface area contributed by atoms with Crippen LogP contribution >= 0.6 is 0 Å². The summed E-state index contributed by atoms with van der Waals surface area (Å²) in [5.74, 6) is -0.110. The third-order valence-corrected chi connectivity index (χ3v) is 7.15. The van der Waals surface area contributed by atoms with E-state index in [0.717, 1.165) is 5.39 Å². The van der Waals surface area contributed by atoms with Crippen LogP contribution in [-0.4, -0.2) is 18.2 Å². The highest BCUT2D eigenvalue weighted by Gasteiger charge is 2.24. The molecule has 0 saturated heterocycles. The van der Waals surface area contributed by atoms with Gasteiger partial charge in [-0.15, -0.1) is 0 Å². The van der Waals surface area contributed by atoms with Gasteiger partial charge in [0, 0.05) is 16.5 Å². The fourth-order valence-electron chi connectivity index (χ4n) is 3.86. The molecule has 1 heterocycles. The number of rotatable bonds is 5. The van der Waals surface area contributed by atoms with Gasteiger partial charge in [0.15, 0.2) is 5.78 Å². The van der Waals surface area contributed by atoms with E-state index in [1.54, 1.807) is 66.7 Å². The maximum atomic E-state index is 13.6. The van der Waals surface area contributed by atoms with Crippen LogP contribution in [-0.2, 0) is 10.0 Å². The van der Waals surface area contributed by atoms with Crippen molar-refractivity contribution in [1.82, 2.24) is 3.97 Å². The van der Waals surface area contributed by atoms with Crippen LogP contribution in [0.2, 0.25) is 0 Å². The van der Waals surface area contributed by atoms with Gasteiger partial charge >= 0.3 is 0 Å². The van der Waals surface area contributed by atoms with Gasteiger partial charge in [-0.2, -0.15) is 0 Å². The average Bonchev–Trinajstić information content (AvgIpc) is 3.25. The molecule has 0 aliphatic heterocycles. The van der Waals surface area contributed by atoms with Gasteiger partial charge in [-0.1, -0.05) is 84.9 Å². The first-order valence-corrected chi connectivity index (χ1v) is 11.6. The minimum absolute atomic E-state index is 0.110. The molecule has 0 radical (unpaired) electrons. The maximum Gasteiger partial charge on any atom is 0.268 e. The van der Waals surface area contributed by atoms with Gasteiger partial charge in [0.2, 0.25) is 0 Å². The molecule has 0 aliphatic carbocycles. The summed E-state index contributed by atoms with van der Waals surface area (Å²) in [6.07, 6.45) is 0. The molecule has 156 valence electrons. The summed E-state index contributed by atoms with van der Waals surface area (Å²) in [4.78, 5) is 13.2. The predicted molar refractivity (Wildman–Crippen MR) is 126 cm³/mol. The van der Waals surface area contributed by atoms with Crippen LogP contribution in [0.4, 0.5) is 0 Å². The Morgan fingerprint density at radius 2 is 1.25 bits per heavy atom. The number of hydrogen-bond donors (Lipinski definition) is 0. The van der Waals surface area contributed by atoms with Gasteiger partial charge in [-0.25, -0.2) is 12.4 Å². The van der Waals surface area contributed by atoms with Crippen LogP contribution < -0.4 is 0 Å². The van der Waals surface area contributed by atoms with E-state index >= 15 is 0 Å². The Kier molecular flexibility index (Phi) is 4.96. The number of fused-ring (bicyclic) bond motifs is 1. The number of benzene rings is 4. The Labute approximate surface area is 186 Å². The number of carbonyl (C=O) groups excluding carboxylic acids is 1. The van der Waals surface area contributed by atoms with Crippen LogP contribution in [0.15, 0.2) is 120 Å². The van der Waals surface area contributed by atoms with Crippen LogP contribution in [0.25, 0.3) is 22.2 Å². The van der Waals surface area contributed by atoms with Crippen molar-refractivity contribution in [1.29, 1.82) is 0 Å². The molecule has 0 fully saturated rings. The first-order valence-electron chi connectivity index (χ1n) is 10.2. The number of ketones is 1. The van der Waals surface area contributed by atoms with E-state index in [9.17, 15) is 13.2 Å². The van der Waals surface area contributed by atoms with Crippen molar-refractivity contribution in [3.8, 4) is 11.3 Å². The summed E-state index contributed by atoms with van der Waals surface area (Å²) in [5.41, 5.74) is 2.84. The molecular formula is C27H19NO3S. The summed E-state index contributed by atoms with van der Waals surface area (Å²) >= 11 is 0. The Hall–Kier alpha value is -3.96. The first-order chi connectivity index (χ1) is 15.6. The lowest BCUT2D eigenvalue weighted by Gasteiger charge is -2.13. The SMILES string of the molecule is O=C(c1ccccc1)c1cccc(-c2cc3ccccc3n2S(=O)(=O)c2ccccc2)c1. The number of aromatic nitrogens is 1. The highest BCUT2D eigenvalue weighted by Crippen LogP contribution is 2.32. The zero-order chi connectivity index (χ0) is 22.1. The molecule has 5 heteroatoms. The van der Waals surface area contributed by atoms with Crippen LogP contribution in [0.5, 0.6) is 0 Å². The molecule has 0 saturated carbocycles. The summed E-state index contributed by atoms with van der Waals surface area (Å²) in [6.45, 7) is 0. The molecule has 0 N–H and O–H groups in total. The summed E-state index contributed by atoms with van der Waals surface area (Å²) in [5, 5.41) is 0.807. The molecule has 0 amide bonds. The van der Waals surface area contributed by atoms with Crippen molar-refractivity contribution < 1.29 is 13.2 Å². The lowest BCUT2D eigenvalue weighted by atomic mass is 10.0. The zero-order valence-electron chi connectivity index (χ0n) is 17.0. The van der Waals surface area contributed by atoms with Crippen molar-refractivity contribution in [2.45, 2.75) is 4.90 Å². The monoisotopic (exact) mass is 437 g/mol. The number of carbonyl (C=O) groups is 1. The summed E-state index contributed by atoms with van der Waals surface area (Å²) in [6, 6.07) is 33.7. The van der Waals surface area contributed by atoms with E-state index in [0.29, 0.717) is 27.9 Å². The fraction of sp³-hybridized carbons (Fsp3) is 0. The Morgan fingerprint density at radius 3 is 2.00 bits per heavy atom. The predicted octanol–water partition coefficient (Wildman–Crippen LogP) is 5.78. The Morgan fingerprint density at radius 1 is 0.625 bits per heavy atom. The summed E-state index contributed by atoms with van der Waals surface area (Å²) < 4.78 is 28.6. The van der Waals surface area contributed by atoms with E-state index in [1.165, 1.54) is 3.97 Å². The topological polar surface area (TPSA) is 56.1 Å². The largest absolute Gasteiger partial charge is 0.289 e. The molecule has 1 aromatic heterocycles. The average molecular weight is 438 g/mol. The standard InChI is InChI=1S/C27H19NO3S/c29-27(20-10-3-1-4-11-20)23-14-9-13-21(18-23)26-19-22-12-7-8-17-25(22)28(26)32(30,31)24-15-5-2-6-16-24/h1-19H. The molecule has 0 atom stereocenters. The van der Waals surface area contributed by atoms with Crippen LogP contribution in [0.3, 0.4) is 0 Å². The van der Waals surface area contributed by atoms with Crippen molar-refractivity contribution in [2.24, 2.45) is 0 Å². The van der Waals surface area contributed by atoms with Gasteiger partial charge in [0.25, 0.3) is 10.0 Å². The van der Waals surface area contributed by atoms with Crippen molar-refractivity contribution in [3.63, 3.8) is 0 Å². The molecule has 32 heavy (non-hydrogen) atoms. The molecule has 4 aromatic carbocycles. The molecule has 0 bridgehead atoms. The van der Waals surface area contributed by atoms with E-state index < -0.39 is 10.0 Å². The number of nitrogens with zero attached hydrogens (tertiary/aromatic N) is 1. The van der Waals surface area contributed by atoms with Crippen LogP contribution in [0, 0.1) is 0 Å². The highest BCUT2D eigenvalue weighted by molar-refractivity contribution is 7.90. The van der Waals surface area contributed by atoms with E-state index in [1.807, 2.05) is 48.5 Å². The van der Waals surface area contributed by atoms with Crippen molar-refractivity contribution >= 4 is 26.7 Å². The van der Waals surface area contributed by atoms with Gasteiger partial charge in [0.1, 0.15) is 0 Å². The molecule has 5 aromatic rings. The normalized spacial score (nSPS) is 11.5. The minimum atomic E-state index is -3.85. The summed E-state index contributed by atoms with van der Waals surface area (Å²) in [7, 11) is -3.85. The van der Waals surface area contributed by atoms with E-state index in [2.05, 4.69) is 0 Å². The van der Waals surface area contributed by atoms with Gasteiger partial charge in [-0.05, 0) is 35.9 Å². The van der Waals surface area contributed by atoms with Gasteiger partial charge in [0.05, 0.1) is 16.1 Å². The molecule has 0 unspecified atom stereocenters. The fourth-order valence-corrected chi connectivity index (χ4v) is 5.42. The molecule has 0 aliphatic rings. The third kappa shape index (κ3) is 3.43. The molecule has 0 spiro atoms. The Bertz CT molecular complexity index is 1540. The van der Waals surface area contributed by atoms with Gasteiger partial charge in [-0.3, -0.25) is 4.79 Å². The smallest absolute Gasteiger partial charge is 0.268 e. The molecule has 4 nitrogen and oxygen atoms in total. The lowest BCUT2D eigenvalue weighted by Crippen LogP contribution is -2.14. The number of para-hydroxylation sites is 1. The maximum absolute atomic E-state index is 13.6. The van der Waals surface area contributed by atoms with Crippen molar-refractivity contribution in [3.05, 3.63) is 126 Å². The van der Waals surface area contributed by atoms with E-state index in [-0.39, 0.29) is 10.7 Å². The highest BCUT2D eigenvalue weighted by atomic mass is 32.2. The Balaban J connectivity index is 1.71. The lowest BCUT2D eigenvalue weighted by molar-refractivity contribution is 0.103. The molecular weight excluding hydrogens is 418 g/mol.